The molecule has 0 heterocycles. The van der Waals surface area contributed by atoms with Crippen molar-refractivity contribution in [2.45, 2.75) is 32.7 Å². The number of aryl methyl sites for hydroxylation is 1. The van der Waals surface area contributed by atoms with Crippen LogP contribution in [0.2, 0.25) is 0 Å². The van der Waals surface area contributed by atoms with Gasteiger partial charge in [0.15, 0.2) is 0 Å². The monoisotopic (exact) mass is 221 g/mol. The van der Waals surface area contributed by atoms with Crippen molar-refractivity contribution < 1.29 is 4.39 Å². The summed E-state index contributed by atoms with van der Waals surface area (Å²) < 4.78 is 13.8. The topological polar surface area (TPSA) is 12.0 Å². The van der Waals surface area contributed by atoms with Gasteiger partial charge in [-0.15, -0.1) is 0 Å². The summed E-state index contributed by atoms with van der Waals surface area (Å²) in [5.74, 6) is -0.136. The number of nitrogens with one attached hydrogen (secondary N) is 1. The summed E-state index contributed by atoms with van der Waals surface area (Å²) in [6.45, 7) is 7.94. The molecular formula is C14H20FN. The van der Waals surface area contributed by atoms with Gasteiger partial charge >= 0.3 is 0 Å². The van der Waals surface area contributed by atoms with Crippen LogP contribution in [-0.4, -0.2) is 7.05 Å². The van der Waals surface area contributed by atoms with Gasteiger partial charge < -0.3 is 5.32 Å². The highest BCUT2D eigenvalue weighted by Gasteiger charge is 2.14. The van der Waals surface area contributed by atoms with Crippen molar-refractivity contribution in [1.29, 1.82) is 0 Å². The molecule has 0 fully saturated rings. The largest absolute Gasteiger partial charge is 0.313 e. The molecule has 0 saturated carbocycles. The number of hydrogen-bond acceptors (Lipinski definition) is 1. The fourth-order valence-corrected chi connectivity index (χ4v) is 1.72. The molecule has 88 valence electrons. The second kappa shape index (κ2) is 5.80. The number of hydrogen-bond donors (Lipinski definition) is 1. The Labute approximate surface area is 97.4 Å². The number of halogens is 1. The predicted octanol–water partition coefficient (Wildman–Crippen LogP) is 3.75. The highest BCUT2D eigenvalue weighted by atomic mass is 19.1. The molecule has 1 rings (SSSR count). The third-order valence-corrected chi connectivity index (χ3v) is 2.87. The zero-order chi connectivity index (χ0) is 12.1. The highest BCUT2D eigenvalue weighted by molar-refractivity contribution is 5.27. The quantitative estimate of drug-likeness (QED) is 0.747. The maximum atomic E-state index is 13.8. The van der Waals surface area contributed by atoms with Crippen LogP contribution in [0.15, 0.2) is 30.4 Å². The second-order valence-electron chi connectivity index (χ2n) is 4.17. The Hall–Kier alpha value is -1.15. The predicted molar refractivity (Wildman–Crippen MR) is 67.0 cm³/mol. The Kier molecular flexibility index (Phi) is 4.69. The van der Waals surface area contributed by atoms with Crippen LogP contribution in [0.1, 0.15) is 36.9 Å². The van der Waals surface area contributed by atoms with Crippen LogP contribution in [0.3, 0.4) is 0 Å². The molecule has 1 N–H and O–H groups in total. The van der Waals surface area contributed by atoms with Gasteiger partial charge in [-0.2, -0.15) is 0 Å². The SMILES string of the molecule is C=C(CC)CC(NC)c1ccc(C)cc1F. The van der Waals surface area contributed by atoms with E-state index in [0.29, 0.717) is 0 Å². The lowest BCUT2D eigenvalue weighted by molar-refractivity contribution is 0.529. The Morgan fingerprint density at radius 2 is 2.19 bits per heavy atom. The first-order valence-corrected chi connectivity index (χ1v) is 5.68. The van der Waals surface area contributed by atoms with E-state index in [1.165, 1.54) is 0 Å². The Bertz CT molecular complexity index is 371. The van der Waals surface area contributed by atoms with Crippen LogP contribution in [0, 0.1) is 12.7 Å². The molecule has 1 aromatic rings. The van der Waals surface area contributed by atoms with Gasteiger partial charge in [-0.25, -0.2) is 4.39 Å². The Balaban J connectivity index is 2.90. The normalized spacial score (nSPS) is 12.5. The molecule has 1 unspecified atom stereocenters. The molecule has 0 bridgehead atoms. The van der Waals surface area contributed by atoms with Crippen LogP contribution >= 0.6 is 0 Å². The second-order valence-corrected chi connectivity index (χ2v) is 4.17. The van der Waals surface area contributed by atoms with Crippen molar-refractivity contribution >= 4 is 0 Å². The van der Waals surface area contributed by atoms with Gasteiger partial charge in [0.05, 0.1) is 0 Å². The maximum absolute atomic E-state index is 13.8. The summed E-state index contributed by atoms with van der Waals surface area (Å²) in [4.78, 5) is 0. The average Bonchev–Trinajstić information content (AvgIpc) is 2.26. The highest BCUT2D eigenvalue weighted by Crippen LogP contribution is 2.24. The number of benzene rings is 1. The molecule has 0 radical (unpaired) electrons. The molecule has 0 amide bonds. The zero-order valence-corrected chi connectivity index (χ0v) is 10.3. The lowest BCUT2D eigenvalue weighted by Gasteiger charge is -2.18. The molecule has 0 saturated heterocycles. The molecule has 0 aliphatic heterocycles. The lowest BCUT2D eigenvalue weighted by atomic mass is 9.97. The molecule has 0 spiro atoms. The van der Waals surface area contributed by atoms with Crippen LogP contribution in [0.25, 0.3) is 0 Å². The third kappa shape index (κ3) is 3.17. The minimum atomic E-state index is -0.136. The lowest BCUT2D eigenvalue weighted by Crippen LogP contribution is -2.18. The Morgan fingerprint density at radius 1 is 1.50 bits per heavy atom. The first-order chi connectivity index (χ1) is 7.58. The van der Waals surface area contributed by atoms with Crippen molar-refractivity contribution in [2.24, 2.45) is 0 Å². The van der Waals surface area contributed by atoms with Gasteiger partial charge in [0.2, 0.25) is 0 Å². The van der Waals surface area contributed by atoms with Crippen LogP contribution < -0.4 is 5.32 Å². The fourth-order valence-electron chi connectivity index (χ4n) is 1.72. The van der Waals surface area contributed by atoms with E-state index in [2.05, 4.69) is 18.8 Å². The number of rotatable bonds is 5. The van der Waals surface area contributed by atoms with E-state index >= 15 is 0 Å². The van der Waals surface area contributed by atoms with Gasteiger partial charge in [-0.1, -0.05) is 31.2 Å². The molecular weight excluding hydrogens is 201 g/mol. The van der Waals surface area contributed by atoms with Crippen molar-refractivity contribution in [1.82, 2.24) is 5.32 Å². The van der Waals surface area contributed by atoms with Gasteiger partial charge in [0.1, 0.15) is 5.82 Å². The van der Waals surface area contributed by atoms with Gasteiger partial charge in [0, 0.05) is 11.6 Å². The molecule has 1 aromatic carbocycles. The molecule has 0 aromatic heterocycles. The molecule has 0 aliphatic carbocycles. The van der Waals surface area contributed by atoms with E-state index in [-0.39, 0.29) is 11.9 Å². The minimum absolute atomic E-state index is 0.0213. The van der Waals surface area contributed by atoms with Crippen molar-refractivity contribution in [2.75, 3.05) is 7.05 Å². The summed E-state index contributed by atoms with van der Waals surface area (Å²) in [6, 6.07) is 5.40. The summed E-state index contributed by atoms with van der Waals surface area (Å²) in [5.41, 5.74) is 2.81. The smallest absolute Gasteiger partial charge is 0.128 e. The first-order valence-electron chi connectivity index (χ1n) is 5.68. The van der Waals surface area contributed by atoms with E-state index in [0.717, 1.165) is 29.5 Å². The first kappa shape index (κ1) is 12.9. The van der Waals surface area contributed by atoms with E-state index < -0.39 is 0 Å². The Morgan fingerprint density at radius 3 is 2.69 bits per heavy atom. The van der Waals surface area contributed by atoms with Crippen molar-refractivity contribution in [3.8, 4) is 0 Å². The molecule has 2 heteroatoms. The average molecular weight is 221 g/mol. The minimum Gasteiger partial charge on any atom is -0.313 e. The summed E-state index contributed by atoms with van der Waals surface area (Å²) in [5, 5.41) is 3.14. The van der Waals surface area contributed by atoms with Gasteiger partial charge in [0.25, 0.3) is 0 Å². The maximum Gasteiger partial charge on any atom is 0.128 e. The van der Waals surface area contributed by atoms with Crippen LogP contribution in [0.5, 0.6) is 0 Å². The van der Waals surface area contributed by atoms with Crippen LogP contribution in [0.4, 0.5) is 4.39 Å². The van der Waals surface area contributed by atoms with E-state index in [1.807, 2.05) is 26.1 Å². The van der Waals surface area contributed by atoms with Crippen molar-refractivity contribution in [3.05, 3.63) is 47.3 Å². The fraction of sp³-hybridized carbons (Fsp3) is 0.429. The summed E-state index contributed by atoms with van der Waals surface area (Å²) in [6.07, 6.45) is 1.72. The molecule has 1 nitrogen and oxygen atoms in total. The third-order valence-electron chi connectivity index (χ3n) is 2.87. The van der Waals surface area contributed by atoms with E-state index in [9.17, 15) is 4.39 Å². The standard InChI is InChI=1S/C14H20FN/c1-5-10(2)9-14(16-4)12-7-6-11(3)8-13(12)15/h6-8,14,16H,2,5,9H2,1,3-4H3. The summed E-state index contributed by atoms with van der Waals surface area (Å²) >= 11 is 0. The molecule has 0 aliphatic rings. The van der Waals surface area contributed by atoms with Gasteiger partial charge in [-0.3, -0.25) is 0 Å². The van der Waals surface area contributed by atoms with Crippen molar-refractivity contribution in [3.63, 3.8) is 0 Å². The zero-order valence-electron chi connectivity index (χ0n) is 10.3. The molecule has 1 atom stereocenters. The van der Waals surface area contributed by atoms with Gasteiger partial charge in [-0.05, 0) is 38.4 Å². The van der Waals surface area contributed by atoms with E-state index in [1.54, 1.807) is 6.07 Å². The van der Waals surface area contributed by atoms with Crippen LogP contribution in [-0.2, 0) is 0 Å². The molecule has 16 heavy (non-hydrogen) atoms. The summed E-state index contributed by atoms with van der Waals surface area (Å²) in [7, 11) is 1.85. The van der Waals surface area contributed by atoms with E-state index in [4.69, 9.17) is 0 Å².